The van der Waals surface area contributed by atoms with Crippen LogP contribution in [0.2, 0.25) is 0 Å². The van der Waals surface area contributed by atoms with Crippen LogP contribution in [0.15, 0.2) is 48.5 Å². The van der Waals surface area contributed by atoms with Gasteiger partial charge in [0.2, 0.25) is 5.91 Å². The van der Waals surface area contributed by atoms with Crippen molar-refractivity contribution in [1.29, 1.82) is 0 Å². The van der Waals surface area contributed by atoms with Gasteiger partial charge < -0.3 is 14.4 Å². The number of amides is 2. The molecule has 0 unspecified atom stereocenters. The zero-order chi connectivity index (χ0) is 21.7. The molecule has 0 saturated carbocycles. The first-order valence-corrected chi connectivity index (χ1v) is 10.3. The van der Waals surface area contributed by atoms with Gasteiger partial charge in [-0.2, -0.15) is 0 Å². The SMILES string of the molecule is CC(C)CCN1C(=O)C(C)(C)COc2ccc(NC(=O)OCc3ccccc3)cc21. The van der Waals surface area contributed by atoms with Crippen LogP contribution in [-0.4, -0.2) is 25.2 Å². The van der Waals surface area contributed by atoms with Gasteiger partial charge in [0, 0.05) is 12.2 Å². The molecule has 0 bridgehead atoms. The molecule has 0 saturated heterocycles. The van der Waals surface area contributed by atoms with E-state index >= 15 is 0 Å². The van der Waals surface area contributed by atoms with Crippen LogP contribution in [0.3, 0.4) is 0 Å². The lowest BCUT2D eigenvalue weighted by Gasteiger charge is -2.28. The van der Waals surface area contributed by atoms with E-state index in [-0.39, 0.29) is 12.5 Å². The molecule has 2 amide bonds. The first kappa shape index (κ1) is 21.7. The van der Waals surface area contributed by atoms with Gasteiger partial charge in [0.1, 0.15) is 19.0 Å². The Hall–Kier alpha value is -3.02. The average Bonchev–Trinajstić information content (AvgIpc) is 2.80. The van der Waals surface area contributed by atoms with Crippen molar-refractivity contribution in [1.82, 2.24) is 0 Å². The highest BCUT2D eigenvalue weighted by Crippen LogP contribution is 2.38. The Balaban J connectivity index is 1.77. The molecular formula is C24H30N2O4. The predicted octanol–water partition coefficient (Wildman–Crippen LogP) is 5.23. The molecule has 0 radical (unpaired) electrons. The summed E-state index contributed by atoms with van der Waals surface area (Å²) >= 11 is 0. The smallest absolute Gasteiger partial charge is 0.411 e. The maximum atomic E-state index is 13.2. The van der Waals surface area contributed by atoms with Crippen LogP contribution in [0.1, 0.15) is 39.7 Å². The third-order valence-electron chi connectivity index (χ3n) is 5.05. The zero-order valence-corrected chi connectivity index (χ0v) is 18.1. The lowest BCUT2D eigenvalue weighted by Crippen LogP contribution is -2.42. The number of anilines is 2. The van der Waals surface area contributed by atoms with Crippen molar-refractivity contribution in [2.45, 2.75) is 40.7 Å². The summed E-state index contributed by atoms with van der Waals surface area (Å²) in [5, 5.41) is 2.75. The normalized spacial score (nSPS) is 15.2. The van der Waals surface area contributed by atoms with Crippen molar-refractivity contribution in [3.63, 3.8) is 0 Å². The topological polar surface area (TPSA) is 67.9 Å². The van der Waals surface area contributed by atoms with Crippen molar-refractivity contribution in [2.24, 2.45) is 11.3 Å². The molecule has 0 aliphatic carbocycles. The molecule has 6 nitrogen and oxygen atoms in total. The summed E-state index contributed by atoms with van der Waals surface area (Å²) in [7, 11) is 0. The number of hydrogen-bond donors (Lipinski definition) is 1. The summed E-state index contributed by atoms with van der Waals surface area (Å²) in [6, 6.07) is 14.8. The molecule has 1 N–H and O–H groups in total. The minimum Gasteiger partial charge on any atom is -0.490 e. The van der Waals surface area contributed by atoms with E-state index in [1.165, 1.54) is 0 Å². The predicted molar refractivity (Wildman–Crippen MR) is 118 cm³/mol. The fourth-order valence-electron chi connectivity index (χ4n) is 3.21. The average molecular weight is 411 g/mol. The summed E-state index contributed by atoms with van der Waals surface area (Å²) < 4.78 is 11.2. The molecule has 2 aromatic rings. The lowest BCUT2D eigenvalue weighted by molar-refractivity contribution is -0.127. The van der Waals surface area contributed by atoms with Gasteiger partial charge in [-0.15, -0.1) is 0 Å². The zero-order valence-electron chi connectivity index (χ0n) is 18.1. The number of rotatable bonds is 6. The summed E-state index contributed by atoms with van der Waals surface area (Å²) in [5.74, 6) is 1.12. The summed E-state index contributed by atoms with van der Waals surface area (Å²) in [6.45, 7) is 9.14. The van der Waals surface area contributed by atoms with Gasteiger partial charge in [0.05, 0.1) is 11.1 Å². The third kappa shape index (κ3) is 5.32. The molecule has 0 atom stereocenters. The Morgan fingerprint density at radius 3 is 2.63 bits per heavy atom. The van der Waals surface area contributed by atoms with Crippen LogP contribution in [0.25, 0.3) is 0 Å². The highest BCUT2D eigenvalue weighted by atomic mass is 16.5. The second-order valence-corrected chi connectivity index (χ2v) is 8.68. The van der Waals surface area contributed by atoms with Crippen molar-refractivity contribution in [3.8, 4) is 5.75 Å². The molecule has 6 heteroatoms. The van der Waals surface area contributed by atoms with Crippen molar-refractivity contribution in [3.05, 3.63) is 54.1 Å². The molecule has 30 heavy (non-hydrogen) atoms. The molecule has 0 spiro atoms. The molecule has 0 fully saturated rings. The third-order valence-corrected chi connectivity index (χ3v) is 5.05. The van der Waals surface area contributed by atoms with Gasteiger partial charge in [0.15, 0.2) is 0 Å². The van der Waals surface area contributed by atoms with E-state index in [1.807, 2.05) is 44.2 Å². The Kier molecular flexibility index (Phi) is 6.65. The monoisotopic (exact) mass is 410 g/mol. The van der Waals surface area contributed by atoms with Gasteiger partial charge in [0.25, 0.3) is 0 Å². The maximum Gasteiger partial charge on any atom is 0.411 e. The van der Waals surface area contributed by atoms with Crippen molar-refractivity contribution < 1.29 is 19.1 Å². The Morgan fingerprint density at radius 1 is 1.20 bits per heavy atom. The number of nitrogens with one attached hydrogen (secondary N) is 1. The molecule has 160 valence electrons. The number of benzene rings is 2. The first-order valence-electron chi connectivity index (χ1n) is 10.3. The highest BCUT2D eigenvalue weighted by Gasteiger charge is 2.37. The van der Waals surface area contributed by atoms with Gasteiger partial charge in [-0.05, 0) is 49.9 Å². The summed E-state index contributed by atoms with van der Waals surface area (Å²) in [5.41, 5.74) is 1.51. The largest absolute Gasteiger partial charge is 0.490 e. The summed E-state index contributed by atoms with van der Waals surface area (Å²) in [4.78, 5) is 27.2. The van der Waals surface area contributed by atoms with E-state index in [0.717, 1.165) is 12.0 Å². The van der Waals surface area contributed by atoms with Crippen molar-refractivity contribution in [2.75, 3.05) is 23.4 Å². The second-order valence-electron chi connectivity index (χ2n) is 8.68. The Morgan fingerprint density at radius 2 is 1.93 bits per heavy atom. The van der Waals surface area contributed by atoms with Crippen molar-refractivity contribution >= 4 is 23.4 Å². The van der Waals surface area contributed by atoms with Gasteiger partial charge in [-0.1, -0.05) is 44.2 Å². The van der Waals surface area contributed by atoms with E-state index in [2.05, 4.69) is 19.2 Å². The number of ether oxygens (including phenoxy) is 2. The number of hydrogen-bond acceptors (Lipinski definition) is 4. The Labute approximate surface area is 178 Å². The number of carbonyl (C=O) groups excluding carboxylic acids is 2. The number of fused-ring (bicyclic) bond motifs is 1. The minimum absolute atomic E-state index is 0.0192. The summed E-state index contributed by atoms with van der Waals surface area (Å²) in [6.07, 6.45) is 0.326. The standard InChI is InChI=1S/C24H30N2O4/c1-17(2)12-13-26-20-14-19(10-11-21(20)30-16-24(3,4)22(26)27)25-23(28)29-15-18-8-6-5-7-9-18/h5-11,14,17H,12-13,15-16H2,1-4H3,(H,25,28). The Bertz CT molecular complexity index is 893. The molecule has 1 aliphatic heterocycles. The lowest BCUT2D eigenvalue weighted by atomic mass is 9.92. The van der Waals surface area contributed by atoms with Crippen LogP contribution >= 0.6 is 0 Å². The highest BCUT2D eigenvalue weighted by molar-refractivity contribution is 6.00. The van der Waals surface area contributed by atoms with E-state index < -0.39 is 11.5 Å². The maximum absolute atomic E-state index is 13.2. The van der Waals surface area contributed by atoms with Crippen LogP contribution in [0.5, 0.6) is 5.75 Å². The quantitative estimate of drug-likeness (QED) is 0.708. The molecule has 1 aliphatic rings. The molecule has 3 rings (SSSR count). The van der Waals surface area contributed by atoms with Gasteiger partial charge in [-0.3, -0.25) is 10.1 Å². The van der Waals surface area contributed by atoms with Crippen LogP contribution in [0.4, 0.5) is 16.2 Å². The molecule has 1 heterocycles. The molecule has 0 aromatic heterocycles. The van der Waals surface area contributed by atoms with Crippen LogP contribution in [0, 0.1) is 11.3 Å². The number of nitrogens with zero attached hydrogens (tertiary/aromatic N) is 1. The van der Waals surface area contributed by atoms with Crippen LogP contribution < -0.4 is 15.0 Å². The van der Waals surface area contributed by atoms with E-state index in [1.54, 1.807) is 23.1 Å². The fourth-order valence-corrected chi connectivity index (χ4v) is 3.21. The first-order chi connectivity index (χ1) is 14.3. The van der Waals surface area contributed by atoms with E-state index in [9.17, 15) is 9.59 Å². The fraction of sp³-hybridized carbons (Fsp3) is 0.417. The molecular weight excluding hydrogens is 380 g/mol. The molecule has 2 aromatic carbocycles. The van der Waals surface area contributed by atoms with E-state index in [0.29, 0.717) is 36.2 Å². The number of carbonyl (C=O) groups is 2. The van der Waals surface area contributed by atoms with E-state index in [4.69, 9.17) is 9.47 Å². The van der Waals surface area contributed by atoms with Gasteiger partial charge >= 0.3 is 6.09 Å². The minimum atomic E-state index is -0.627. The van der Waals surface area contributed by atoms with Crippen LogP contribution in [-0.2, 0) is 16.1 Å². The second kappa shape index (κ2) is 9.20. The van der Waals surface area contributed by atoms with Gasteiger partial charge in [-0.25, -0.2) is 4.79 Å².